The molecule has 0 spiro atoms. The number of ether oxygens (including phenoxy) is 1. The molecule has 0 aromatic rings. The van der Waals surface area contributed by atoms with Gasteiger partial charge in [0.1, 0.15) is 0 Å². The molecule has 0 aromatic heterocycles. The van der Waals surface area contributed by atoms with Crippen LogP contribution in [0.2, 0.25) is 0 Å². The average molecular weight is 251 g/mol. The van der Waals surface area contributed by atoms with Gasteiger partial charge in [0.25, 0.3) is 0 Å². The van der Waals surface area contributed by atoms with Crippen LogP contribution in [0.1, 0.15) is 33.1 Å². The molecule has 2 unspecified atom stereocenters. The van der Waals surface area contributed by atoms with Gasteiger partial charge in [-0.3, -0.25) is 4.79 Å². The number of halogens is 1. The first kappa shape index (κ1) is 15.7. The average Bonchev–Trinajstić information content (AvgIpc) is 2.61. The van der Waals surface area contributed by atoms with Gasteiger partial charge in [-0.25, -0.2) is 0 Å². The second-order valence-electron chi connectivity index (χ2n) is 4.88. The molecule has 0 saturated heterocycles. The molecule has 0 heterocycles. The number of methoxy groups -OCH3 is 1. The van der Waals surface area contributed by atoms with Crippen LogP contribution in [-0.4, -0.2) is 31.2 Å². The first-order valence-corrected chi connectivity index (χ1v) is 5.55. The molecule has 0 bridgehead atoms. The standard InChI is InChI=1S/C11H22N2O2.ClH/c1-11(2,15-3)7-13-10(14)8-5-4-6-9(8)12;/h8-9H,4-7,12H2,1-3H3,(H,13,14);1H. The van der Waals surface area contributed by atoms with Crippen LogP contribution < -0.4 is 11.1 Å². The molecule has 5 heteroatoms. The van der Waals surface area contributed by atoms with E-state index in [2.05, 4.69) is 5.32 Å². The molecule has 1 rings (SSSR count). The van der Waals surface area contributed by atoms with Crippen molar-refractivity contribution in [1.82, 2.24) is 5.32 Å². The molecule has 1 saturated carbocycles. The Morgan fingerprint density at radius 1 is 1.50 bits per heavy atom. The fourth-order valence-electron chi connectivity index (χ4n) is 1.82. The Labute approximate surface area is 104 Å². The first-order valence-electron chi connectivity index (χ1n) is 5.55. The summed E-state index contributed by atoms with van der Waals surface area (Å²) in [7, 11) is 1.65. The zero-order chi connectivity index (χ0) is 11.5. The minimum atomic E-state index is -0.307. The van der Waals surface area contributed by atoms with E-state index in [4.69, 9.17) is 10.5 Å². The number of hydrogen-bond donors (Lipinski definition) is 2. The molecule has 16 heavy (non-hydrogen) atoms. The normalized spacial score (nSPS) is 25.0. The van der Waals surface area contributed by atoms with Gasteiger partial charge in [-0.15, -0.1) is 12.4 Å². The third-order valence-corrected chi connectivity index (χ3v) is 3.15. The SMILES string of the molecule is COC(C)(C)CNC(=O)C1CCCC1N.Cl. The zero-order valence-electron chi connectivity index (χ0n) is 10.3. The highest BCUT2D eigenvalue weighted by Crippen LogP contribution is 2.24. The van der Waals surface area contributed by atoms with Crippen molar-refractivity contribution in [2.45, 2.75) is 44.8 Å². The van der Waals surface area contributed by atoms with Crippen molar-refractivity contribution in [3.63, 3.8) is 0 Å². The van der Waals surface area contributed by atoms with Crippen molar-refractivity contribution >= 4 is 18.3 Å². The smallest absolute Gasteiger partial charge is 0.224 e. The van der Waals surface area contributed by atoms with E-state index in [0.717, 1.165) is 19.3 Å². The van der Waals surface area contributed by atoms with E-state index in [9.17, 15) is 4.79 Å². The Bertz CT molecular complexity index is 234. The van der Waals surface area contributed by atoms with Crippen LogP contribution >= 0.6 is 12.4 Å². The third-order valence-electron chi connectivity index (χ3n) is 3.15. The lowest BCUT2D eigenvalue weighted by Gasteiger charge is -2.24. The molecular weight excluding hydrogens is 228 g/mol. The Kier molecular flexibility index (Phi) is 6.30. The number of carbonyl (C=O) groups is 1. The molecule has 96 valence electrons. The van der Waals surface area contributed by atoms with E-state index in [1.165, 1.54) is 0 Å². The van der Waals surface area contributed by atoms with Crippen molar-refractivity contribution in [2.75, 3.05) is 13.7 Å². The van der Waals surface area contributed by atoms with Gasteiger partial charge >= 0.3 is 0 Å². The topological polar surface area (TPSA) is 64.3 Å². The van der Waals surface area contributed by atoms with E-state index in [1.54, 1.807) is 7.11 Å². The molecule has 0 aromatic carbocycles. The minimum Gasteiger partial charge on any atom is -0.377 e. The number of carbonyl (C=O) groups excluding carboxylic acids is 1. The zero-order valence-corrected chi connectivity index (χ0v) is 11.1. The second-order valence-corrected chi connectivity index (χ2v) is 4.88. The summed E-state index contributed by atoms with van der Waals surface area (Å²) in [5, 5.41) is 2.90. The third kappa shape index (κ3) is 4.28. The summed E-state index contributed by atoms with van der Waals surface area (Å²) in [4.78, 5) is 11.8. The largest absolute Gasteiger partial charge is 0.377 e. The monoisotopic (exact) mass is 250 g/mol. The van der Waals surface area contributed by atoms with Crippen molar-refractivity contribution in [3.05, 3.63) is 0 Å². The number of nitrogens with one attached hydrogen (secondary N) is 1. The molecule has 1 amide bonds. The van der Waals surface area contributed by atoms with Crippen molar-refractivity contribution in [3.8, 4) is 0 Å². The van der Waals surface area contributed by atoms with Crippen LogP contribution in [-0.2, 0) is 9.53 Å². The highest BCUT2D eigenvalue weighted by molar-refractivity contribution is 5.85. The molecular formula is C11H23ClN2O2. The van der Waals surface area contributed by atoms with Crippen LogP contribution in [0.4, 0.5) is 0 Å². The molecule has 0 aliphatic heterocycles. The van der Waals surface area contributed by atoms with Crippen LogP contribution in [0.5, 0.6) is 0 Å². The highest BCUT2D eigenvalue weighted by Gasteiger charge is 2.30. The Morgan fingerprint density at radius 2 is 2.12 bits per heavy atom. The first-order chi connectivity index (χ1) is 6.96. The van der Waals surface area contributed by atoms with E-state index in [0.29, 0.717) is 6.54 Å². The van der Waals surface area contributed by atoms with Gasteiger partial charge in [-0.05, 0) is 26.7 Å². The van der Waals surface area contributed by atoms with Crippen molar-refractivity contribution < 1.29 is 9.53 Å². The van der Waals surface area contributed by atoms with E-state index >= 15 is 0 Å². The number of nitrogens with two attached hydrogens (primary N) is 1. The fourth-order valence-corrected chi connectivity index (χ4v) is 1.82. The lowest BCUT2D eigenvalue weighted by molar-refractivity contribution is -0.126. The quantitative estimate of drug-likeness (QED) is 0.785. The number of rotatable bonds is 4. The van der Waals surface area contributed by atoms with Crippen molar-refractivity contribution in [2.24, 2.45) is 11.7 Å². The highest BCUT2D eigenvalue weighted by atomic mass is 35.5. The molecule has 1 fully saturated rings. The molecule has 2 atom stereocenters. The van der Waals surface area contributed by atoms with E-state index in [1.807, 2.05) is 13.8 Å². The Morgan fingerprint density at radius 3 is 2.56 bits per heavy atom. The molecule has 0 radical (unpaired) electrons. The summed E-state index contributed by atoms with van der Waals surface area (Å²) >= 11 is 0. The summed E-state index contributed by atoms with van der Waals surface area (Å²) in [6, 6.07) is 0.0376. The maximum absolute atomic E-state index is 11.8. The van der Waals surface area contributed by atoms with Crippen LogP contribution in [0, 0.1) is 5.92 Å². The van der Waals surface area contributed by atoms with Crippen molar-refractivity contribution in [1.29, 1.82) is 0 Å². The predicted octanol–water partition coefficient (Wildman–Crippen LogP) is 1.08. The lowest BCUT2D eigenvalue weighted by atomic mass is 10.0. The summed E-state index contributed by atoms with van der Waals surface area (Å²) < 4.78 is 5.23. The number of amides is 1. The van der Waals surface area contributed by atoms with Crippen LogP contribution in [0.15, 0.2) is 0 Å². The molecule has 1 aliphatic rings. The lowest BCUT2D eigenvalue weighted by Crippen LogP contribution is -2.45. The van der Waals surface area contributed by atoms with Gasteiger partial charge in [0.05, 0.1) is 11.5 Å². The second kappa shape index (κ2) is 6.42. The van der Waals surface area contributed by atoms with Crippen LogP contribution in [0.25, 0.3) is 0 Å². The predicted molar refractivity (Wildman–Crippen MR) is 66.7 cm³/mol. The molecule has 3 N–H and O–H groups in total. The maximum Gasteiger partial charge on any atom is 0.224 e. The Hall–Kier alpha value is -0.320. The summed E-state index contributed by atoms with van der Waals surface area (Å²) in [5.41, 5.74) is 5.55. The summed E-state index contributed by atoms with van der Waals surface area (Å²) in [6.07, 6.45) is 2.94. The van der Waals surface area contributed by atoms with Crippen LogP contribution in [0.3, 0.4) is 0 Å². The fraction of sp³-hybridized carbons (Fsp3) is 0.909. The van der Waals surface area contributed by atoms with Gasteiger partial charge in [0.15, 0.2) is 0 Å². The minimum absolute atomic E-state index is 0. The Balaban J connectivity index is 0.00000225. The summed E-state index contributed by atoms with van der Waals surface area (Å²) in [6.45, 7) is 4.43. The van der Waals surface area contributed by atoms with E-state index < -0.39 is 0 Å². The van der Waals surface area contributed by atoms with Gasteiger partial charge in [0, 0.05) is 19.7 Å². The molecule has 1 aliphatic carbocycles. The number of hydrogen-bond acceptors (Lipinski definition) is 3. The van der Waals surface area contributed by atoms with Gasteiger partial charge in [0.2, 0.25) is 5.91 Å². The van der Waals surface area contributed by atoms with Gasteiger partial charge in [-0.2, -0.15) is 0 Å². The van der Waals surface area contributed by atoms with Gasteiger partial charge < -0.3 is 15.8 Å². The van der Waals surface area contributed by atoms with Gasteiger partial charge in [-0.1, -0.05) is 6.42 Å². The van der Waals surface area contributed by atoms with E-state index in [-0.39, 0.29) is 35.9 Å². The maximum atomic E-state index is 11.8. The molecule has 4 nitrogen and oxygen atoms in total. The summed E-state index contributed by atoms with van der Waals surface area (Å²) in [5.74, 6) is 0.0720.